The highest BCUT2D eigenvalue weighted by Crippen LogP contribution is 2.43. The van der Waals surface area contributed by atoms with Crippen LogP contribution in [0.2, 0.25) is 0 Å². The zero-order chi connectivity index (χ0) is 12.9. The van der Waals surface area contributed by atoms with Gasteiger partial charge in [-0.25, -0.2) is 0 Å². The van der Waals surface area contributed by atoms with Crippen LogP contribution >= 0.6 is 0 Å². The Bertz CT molecular complexity index is 476. The summed E-state index contributed by atoms with van der Waals surface area (Å²) < 4.78 is 34.3. The SMILES string of the molecule is N[C@H](c1ccc2c(c1)OC(F)(F)O2)[C@@H](O)C1CC1. The number of benzene rings is 1. The second kappa shape index (κ2) is 3.80. The monoisotopic (exact) mass is 257 g/mol. The molecule has 6 heteroatoms. The van der Waals surface area contributed by atoms with Gasteiger partial charge in [0.15, 0.2) is 11.5 Å². The summed E-state index contributed by atoms with van der Waals surface area (Å²) in [6, 6.07) is 3.75. The quantitative estimate of drug-likeness (QED) is 0.866. The molecule has 0 unspecified atom stereocenters. The summed E-state index contributed by atoms with van der Waals surface area (Å²) in [5.74, 6) is 0.152. The summed E-state index contributed by atoms with van der Waals surface area (Å²) >= 11 is 0. The van der Waals surface area contributed by atoms with Crippen molar-refractivity contribution in [2.45, 2.75) is 31.3 Å². The third-order valence-electron chi connectivity index (χ3n) is 3.28. The number of halogens is 2. The van der Waals surface area contributed by atoms with E-state index in [1.807, 2.05) is 0 Å². The van der Waals surface area contributed by atoms with Crippen molar-refractivity contribution in [2.24, 2.45) is 11.7 Å². The van der Waals surface area contributed by atoms with Crippen molar-refractivity contribution in [2.75, 3.05) is 0 Å². The van der Waals surface area contributed by atoms with Gasteiger partial charge in [0.2, 0.25) is 0 Å². The van der Waals surface area contributed by atoms with Gasteiger partial charge in [-0.3, -0.25) is 0 Å². The maximum atomic E-state index is 12.8. The fourth-order valence-electron chi connectivity index (χ4n) is 2.10. The van der Waals surface area contributed by atoms with E-state index in [0.717, 1.165) is 12.8 Å². The number of aliphatic hydroxyl groups excluding tert-OH is 1. The van der Waals surface area contributed by atoms with E-state index in [0.29, 0.717) is 5.56 Å². The van der Waals surface area contributed by atoms with Crippen LogP contribution in [0, 0.1) is 5.92 Å². The third kappa shape index (κ3) is 2.02. The minimum Gasteiger partial charge on any atom is -0.395 e. The summed E-state index contributed by atoms with van der Waals surface area (Å²) in [7, 11) is 0. The van der Waals surface area contributed by atoms with Crippen molar-refractivity contribution in [1.82, 2.24) is 0 Å². The molecule has 0 spiro atoms. The van der Waals surface area contributed by atoms with E-state index in [4.69, 9.17) is 5.73 Å². The number of hydrogen-bond donors (Lipinski definition) is 2. The smallest absolute Gasteiger partial charge is 0.395 e. The molecule has 0 radical (unpaired) electrons. The highest BCUT2D eigenvalue weighted by atomic mass is 19.3. The lowest BCUT2D eigenvalue weighted by atomic mass is 9.99. The fraction of sp³-hybridized carbons (Fsp3) is 0.500. The Morgan fingerprint density at radius 1 is 1.28 bits per heavy atom. The molecule has 0 aromatic heterocycles. The maximum absolute atomic E-state index is 12.8. The lowest BCUT2D eigenvalue weighted by Gasteiger charge is -2.18. The standard InChI is InChI=1S/C12H13F2NO3/c13-12(14)17-8-4-3-7(5-9(8)18-12)10(15)11(16)6-1-2-6/h3-6,10-11,16H,1-2,15H2/t10-,11+/m1/s1. The summed E-state index contributed by atoms with van der Waals surface area (Å²) in [6.07, 6.45) is -2.36. The van der Waals surface area contributed by atoms with E-state index in [1.54, 1.807) is 6.07 Å². The van der Waals surface area contributed by atoms with Crippen molar-refractivity contribution in [3.05, 3.63) is 23.8 Å². The van der Waals surface area contributed by atoms with Gasteiger partial charge in [-0.1, -0.05) is 6.07 Å². The van der Waals surface area contributed by atoms with Crippen LogP contribution in [0.15, 0.2) is 18.2 Å². The summed E-state index contributed by atoms with van der Waals surface area (Å²) in [5, 5.41) is 9.92. The molecule has 1 fully saturated rings. The summed E-state index contributed by atoms with van der Waals surface area (Å²) in [4.78, 5) is 0. The molecular weight excluding hydrogens is 244 g/mol. The van der Waals surface area contributed by atoms with Crippen LogP contribution in [-0.4, -0.2) is 17.5 Å². The Hall–Kier alpha value is -1.40. The van der Waals surface area contributed by atoms with E-state index < -0.39 is 18.4 Å². The first-order chi connectivity index (χ1) is 8.46. The van der Waals surface area contributed by atoms with Crippen molar-refractivity contribution in [1.29, 1.82) is 0 Å². The first-order valence-corrected chi connectivity index (χ1v) is 5.80. The van der Waals surface area contributed by atoms with Gasteiger partial charge in [0.25, 0.3) is 0 Å². The Kier molecular flexibility index (Phi) is 2.46. The van der Waals surface area contributed by atoms with Gasteiger partial charge in [0.05, 0.1) is 12.1 Å². The first kappa shape index (κ1) is 11.7. The zero-order valence-electron chi connectivity index (χ0n) is 9.48. The number of ether oxygens (including phenoxy) is 2. The van der Waals surface area contributed by atoms with Gasteiger partial charge in [-0.15, -0.1) is 8.78 Å². The van der Waals surface area contributed by atoms with E-state index in [1.165, 1.54) is 12.1 Å². The molecular formula is C12H13F2NO3. The van der Waals surface area contributed by atoms with E-state index >= 15 is 0 Å². The largest absolute Gasteiger partial charge is 0.586 e. The number of fused-ring (bicyclic) bond motifs is 1. The van der Waals surface area contributed by atoms with E-state index in [-0.39, 0.29) is 17.4 Å². The predicted octanol–water partition coefficient (Wildman–Crippen LogP) is 1.78. The number of aliphatic hydroxyl groups is 1. The second-order valence-electron chi connectivity index (χ2n) is 4.73. The molecule has 0 bridgehead atoms. The minimum atomic E-state index is -3.62. The summed E-state index contributed by atoms with van der Waals surface area (Å²) in [5.41, 5.74) is 6.47. The average molecular weight is 257 g/mol. The van der Waals surface area contributed by atoms with Gasteiger partial charge >= 0.3 is 6.29 Å². The normalized spacial score (nSPS) is 23.8. The van der Waals surface area contributed by atoms with Gasteiger partial charge in [0, 0.05) is 0 Å². The van der Waals surface area contributed by atoms with Gasteiger partial charge < -0.3 is 20.3 Å². The minimum absolute atomic E-state index is 0.0168. The Morgan fingerprint density at radius 3 is 2.61 bits per heavy atom. The second-order valence-corrected chi connectivity index (χ2v) is 4.73. The number of alkyl halides is 2. The molecule has 1 aliphatic carbocycles. The van der Waals surface area contributed by atoms with Gasteiger partial charge in [-0.05, 0) is 36.5 Å². The molecule has 2 aliphatic rings. The first-order valence-electron chi connectivity index (χ1n) is 5.80. The molecule has 4 nitrogen and oxygen atoms in total. The Balaban J connectivity index is 1.83. The molecule has 3 N–H and O–H groups in total. The van der Waals surface area contributed by atoms with Crippen LogP contribution in [0.3, 0.4) is 0 Å². The predicted molar refractivity (Wildman–Crippen MR) is 58.3 cm³/mol. The topological polar surface area (TPSA) is 64.7 Å². The van der Waals surface area contributed by atoms with Crippen molar-refractivity contribution < 1.29 is 23.4 Å². The van der Waals surface area contributed by atoms with E-state index in [9.17, 15) is 13.9 Å². The third-order valence-corrected chi connectivity index (χ3v) is 3.28. The van der Waals surface area contributed by atoms with Gasteiger partial charge in [0.1, 0.15) is 0 Å². The molecule has 1 heterocycles. The van der Waals surface area contributed by atoms with Crippen LogP contribution in [0.25, 0.3) is 0 Å². The molecule has 1 aromatic carbocycles. The fourth-order valence-corrected chi connectivity index (χ4v) is 2.10. The Labute approximate surface area is 102 Å². The number of rotatable bonds is 3. The van der Waals surface area contributed by atoms with Crippen LogP contribution in [0.4, 0.5) is 8.78 Å². The van der Waals surface area contributed by atoms with Crippen LogP contribution < -0.4 is 15.2 Å². The molecule has 1 aromatic rings. The van der Waals surface area contributed by atoms with Crippen LogP contribution in [0.5, 0.6) is 11.5 Å². The van der Waals surface area contributed by atoms with Crippen LogP contribution in [0.1, 0.15) is 24.4 Å². The highest BCUT2D eigenvalue weighted by Gasteiger charge is 2.44. The van der Waals surface area contributed by atoms with Crippen molar-refractivity contribution >= 4 is 0 Å². The zero-order valence-corrected chi connectivity index (χ0v) is 9.48. The molecule has 2 atom stereocenters. The van der Waals surface area contributed by atoms with Crippen LogP contribution in [-0.2, 0) is 0 Å². The molecule has 0 saturated heterocycles. The van der Waals surface area contributed by atoms with Gasteiger partial charge in [-0.2, -0.15) is 0 Å². The number of nitrogens with two attached hydrogens (primary N) is 1. The lowest BCUT2D eigenvalue weighted by Crippen LogP contribution is -2.27. The average Bonchev–Trinajstić information content (AvgIpc) is 3.08. The molecule has 18 heavy (non-hydrogen) atoms. The van der Waals surface area contributed by atoms with Crippen molar-refractivity contribution in [3.63, 3.8) is 0 Å². The molecule has 98 valence electrons. The highest BCUT2D eigenvalue weighted by molar-refractivity contribution is 5.46. The molecule has 0 amide bonds. The van der Waals surface area contributed by atoms with E-state index in [2.05, 4.69) is 9.47 Å². The lowest BCUT2D eigenvalue weighted by molar-refractivity contribution is -0.286. The number of hydrogen-bond acceptors (Lipinski definition) is 4. The Morgan fingerprint density at radius 2 is 1.94 bits per heavy atom. The maximum Gasteiger partial charge on any atom is 0.586 e. The molecule has 3 rings (SSSR count). The molecule has 1 aliphatic heterocycles. The summed E-state index contributed by atoms with van der Waals surface area (Å²) in [6.45, 7) is 0. The molecule has 1 saturated carbocycles. The van der Waals surface area contributed by atoms with Crippen molar-refractivity contribution in [3.8, 4) is 11.5 Å².